The van der Waals surface area contributed by atoms with Crippen LogP contribution in [0.25, 0.3) is 0 Å². The predicted molar refractivity (Wildman–Crippen MR) is 80.6 cm³/mol. The minimum atomic E-state index is -1.03. The lowest BCUT2D eigenvalue weighted by molar-refractivity contribution is -0.150. The Hall–Kier alpha value is -1.43. The smallest absolute Gasteiger partial charge is 0.309 e. The van der Waals surface area contributed by atoms with E-state index in [4.69, 9.17) is 10.8 Å². The first kappa shape index (κ1) is 19.6. The highest BCUT2D eigenvalue weighted by Crippen LogP contribution is 2.34. The number of hydrogen-bond donors (Lipinski definition) is 3. The summed E-state index contributed by atoms with van der Waals surface area (Å²) in [6.45, 7) is 10.0. The second-order valence-corrected chi connectivity index (χ2v) is 7.07. The zero-order chi connectivity index (χ0) is 17.0. The van der Waals surface area contributed by atoms with Gasteiger partial charge >= 0.3 is 5.97 Å². The van der Waals surface area contributed by atoms with Gasteiger partial charge in [0.05, 0.1) is 11.5 Å². The van der Waals surface area contributed by atoms with E-state index in [9.17, 15) is 14.4 Å². The summed E-state index contributed by atoms with van der Waals surface area (Å²) in [5.74, 6) is -1.67. The van der Waals surface area contributed by atoms with Crippen LogP contribution in [0.5, 0.6) is 0 Å². The van der Waals surface area contributed by atoms with Gasteiger partial charge in [-0.2, -0.15) is 0 Å². The molecule has 0 aromatic heterocycles. The van der Waals surface area contributed by atoms with Crippen molar-refractivity contribution in [2.24, 2.45) is 22.5 Å². The molecule has 0 saturated heterocycles. The largest absolute Gasteiger partial charge is 0.481 e. The number of carboxylic acid groups (broad SMARTS) is 1. The van der Waals surface area contributed by atoms with Crippen molar-refractivity contribution in [3.05, 3.63) is 0 Å². The van der Waals surface area contributed by atoms with Crippen LogP contribution in [0, 0.1) is 16.7 Å². The molecule has 0 spiro atoms. The first-order chi connectivity index (χ1) is 9.35. The van der Waals surface area contributed by atoms with E-state index in [0.717, 1.165) is 0 Å². The number of hydrogen-bond acceptors (Lipinski definition) is 4. The van der Waals surface area contributed by atoms with Crippen LogP contribution in [0.1, 0.15) is 48.0 Å². The molecule has 4 N–H and O–H groups in total. The van der Waals surface area contributed by atoms with Crippen molar-refractivity contribution in [3.63, 3.8) is 0 Å². The summed E-state index contributed by atoms with van der Waals surface area (Å²) in [6.07, 6.45) is 0.161. The number of carbonyl (C=O) groups excluding carboxylic acids is 2. The molecule has 0 saturated carbocycles. The third kappa shape index (κ3) is 5.46. The van der Waals surface area contributed by atoms with E-state index in [2.05, 4.69) is 5.32 Å². The number of nitrogens with one attached hydrogen (secondary N) is 1. The molecule has 0 aliphatic rings. The second-order valence-electron chi connectivity index (χ2n) is 7.07. The lowest BCUT2D eigenvalue weighted by Crippen LogP contribution is -2.52. The summed E-state index contributed by atoms with van der Waals surface area (Å²) in [7, 11) is 0. The number of Topliss-reactive ketones (excluding diaryl/α,β-unsaturated/α-hetero) is 1. The van der Waals surface area contributed by atoms with Crippen LogP contribution in [-0.2, 0) is 14.4 Å². The molecule has 0 unspecified atom stereocenters. The minimum absolute atomic E-state index is 0.0289. The minimum Gasteiger partial charge on any atom is -0.481 e. The number of carbonyl (C=O) groups is 3. The molecule has 21 heavy (non-hydrogen) atoms. The Labute approximate surface area is 126 Å². The van der Waals surface area contributed by atoms with Crippen molar-refractivity contribution in [3.8, 4) is 0 Å². The van der Waals surface area contributed by atoms with Gasteiger partial charge in [0.1, 0.15) is 0 Å². The van der Waals surface area contributed by atoms with Gasteiger partial charge in [0.2, 0.25) is 5.91 Å². The molecule has 0 rings (SSSR count). The van der Waals surface area contributed by atoms with Crippen LogP contribution >= 0.6 is 0 Å². The fourth-order valence-corrected chi connectivity index (χ4v) is 2.26. The van der Waals surface area contributed by atoms with Crippen molar-refractivity contribution >= 4 is 17.7 Å². The van der Waals surface area contributed by atoms with Crippen LogP contribution in [-0.4, -0.2) is 35.4 Å². The molecule has 0 aliphatic carbocycles. The van der Waals surface area contributed by atoms with E-state index in [-0.39, 0.29) is 30.6 Å². The molecule has 0 aromatic rings. The Morgan fingerprint density at radius 1 is 1.10 bits per heavy atom. The van der Waals surface area contributed by atoms with Crippen molar-refractivity contribution in [1.82, 2.24) is 5.32 Å². The molecule has 0 aliphatic heterocycles. The van der Waals surface area contributed by atoms with Crippen LogP contribution in [0.2, 0.25) is 0 Å². The van der Waals surface area contributed by atoms with Gasteiger partial charge in [0, 0.05) is 17.9 Å². The molecular weight excluding hydrogens is 272 g/mol. The van der Waals surface area contributed by atoms with E-state index in [1.54, 1.807) is 41.5 Å². The summed E-state index contributed by atoms with van der Waals surface area (Å²) in [6, 6.07) is -0.732. The molecule has 122 valence electrons. The molecule has 6 nitrogen and oxygen atoms in total. The summed E-state index contributed by atoms with van der Waals surface area (Å²) in [5.41, 5.74) is 3.61. The maximum absolute atomic E-state index is 12.3. The number of nitrogens with two attached hydrogens (primary N) is 1. The van der Waals surface area contributed by atoms with E-state index >= 15 is 0 Å². The van der Waals surface area contributed by atoms with Gasteiger partial charge in [-0.1, -0.05) is 27.7 Å². The fraction of sp³-hybridized carbons (Fsp3) is 0.800. The van der Waals surface area contributed by atoms with Gasteiger partial charge in [0.25, 0.3) is 0 Å². The highest BCUT2D eigenvalue weighted by atomic mass is 16.4. The lowest BCUT2D eigenvalue weighted by atomic mass is 9.74. The van der Waals surface area contributed by atoms with E-state index < -0.39 is 22.8 Å². The van der Waals surface area contributed by atoms with Gasteiger partial charge in [-0.05, 0) is 20.3 Å². The number of ketones is 1. The second kappa shape index (κ2) is 7.02. The van der Waals surface area contributed by atoms with Gasteiger partial charge in [-0.3, -0.25) is 14.4 Å². The molecule has 0 bridgehead atoms. The Morgan fingerprint density at radius 3 is 1.90 bits per heavy atom. The topological polar surface area (TPSA) is 109 Å². The highest BCUT2D eigenvalue weighted by molar-refractivity contribution is 5.92. The quantitative estimate of drug-likeness (QED) is 0.623. The average molecular weight is 300 g/mol. The maximum Gasteiger partial charge on any atom is 0.309 e. The molecule has 6 heteroatoms. The highest BCUT2D eigenvalue weighted by Gasteiger charge is 2.40. The fourth-order valence-electron chi connectivity index (χ4n) is 2.26. The third-order valence-electron chi connectivity index (χ3n) is 3.53. The summed E-state index contributed by atoms with van der Waals surface area (Å²) < 4.78 is 0. The van der Waals surface area contributed by atoms with E-state index in [0.29, 0.717) is 0 Å². The number of rotatable bonds is 8. The van der Waals surface area contributed by atoms with Gasteiger partial charge < -0.3 is 16.2 Å². The van der Waals surface area contributed by atoms with E-state index in [1.807, 2.05) is 0 Å². The summed E-state index contributed by atoms with van der Waals surface area (Å²) >= 11 is 0. The van der Waals surface area contributed by atoms with Gasteiger partial charge in [-0.25, -0.2) is 0 Å². The molecule has 1 amide bonds. The van der Waals surface area contributed by atoms with Crippen molar-refractivity contribution in [2.45, 2.75) is 54.0 Å². The average Bonchev–Trinajstić information content (AvgIpc) is 2.32. The van der Waals surface area contributed by atoms with Crippen LogP contribution in [0.15, 0.2) is 0 Å². The monoisotopic (exact) mass is 300 g/mol. The maximum atomic E-state index is 12.3. The van der Waals surface area contributed by atoms with Crippen molar-refractivity contribution < 1.29 is 19.5 Å². The zero-order valence-corrected chi connectivity index (χ0v) is 13.8. The Kier molecular flexibility index (Phi) is 6.54. The Bertz CT molecular complexity index is 414. The van der Waals surface area contributed by atoms with Crippen LogP contribution in [0.3, 0.4) is 0 Å². The first-order valence-electron chi connectivity index (χ1n) is 7.13. The lowest BCUT2D eigenvalue weighted by Gasteiger charge is -2.32. The molecule has 1 atom stereocenters. The van der Waals surface area contributed by atoms with E-state index in [1.165, 1.54) is 0 Å². The van der Waals surface area contributed by atoms with Crippen LogP contribution < -0.4 is 11.1 Å². The Morgan fingerprint density at radius 2 is 1.57 bits per heavy atom. The summed E-state index contributed by atoms with van der Waals surface area (Å²) in [4.78, 5) is 35.5. The first-order valence-corrected chi connectivity index (χ1v) is 7.13. The zero-order valence-electron chi connectivity index (χ0n) is 13.8. The SMILES string of the molecule is CC(C)C(=O)[C@H](CN)NC(=O)C(C)(C)CC(C)(C)C(=O)O. The number of aliphatic carboxylic acids is 1. The molecule has 0 fully saturated rings. The summed E-state index contributed by atoms with van der Waals surface area (Å²) in [5, 5.41) is 11.8. The molecular formula is C15H28N2O4. The predicted octanol–water partition coefficient (Wildman–Crippen LogP) is 1.18. The molecule has 0 heterocycles. The van der Waals surface area contributed by atoms with Crippen molar-refractivity contribution in [1.29, 1.82) is 0 Å². The number of amides is 1. The van der Waals surface area contributed by atoms with Gasteiger partial charge in [-0.15, -0.1) is 0 Å². The van der Waals surface area contributed by atoms with Crippen molar-refractivity contribution in [2.75, 3.05) is 6.54 Å². The molecule has 0 radical (unpaired) electrons. The third-order valence-corrected chi connectivity index (χ3v) is 3.53. The number of carboxylic acids is 1. The Balaban J connectivity index is 4.98. The standard InChI is InChI=1S/C15H28N2O4/c1-9(2)11(18)10(7-16)17-12(19)14(3,4)8-15(5,6)13(20)21/h9-10H,7-8,16H2,1-6H3,(H,17,19)(H,20,21)/t10-/m0/s1. The van der Waals surface area contributed by atoms with Crippen LogP contribution in [0.4, 0.5) is 0 Å². The van der Waals surface area contributed by atoms with Gasteiger partial charge in [0.15, 0.2) is 5.78 Å². The normalized spacial score (nSPS) is 13.9. The molecule has 0 aromatic carbocycles.